The SMILES string of the molecule is COc1cc(C2C3=CCC4C(=O)N(CCC(=O)O)C(=O)C4C3CC3(Cl)C(=O)N(C)C(=O)C23Cl)cc(Br)c1O. The Morgan fingerprint density at radius 2 is 1.84 bits per heavy atom. The highest BCUT2D eigenvalue weighted by Gasteiger charge is 2.75. The van der Waals surface area contributed by atoms with Crippen molar-refractivity contribution in [3.63, 3.8) is 0 Å². The second-order valence-corrected chi connectivity index (χ2v) is 12.1. The number of ether oxygens (including phenoxy) is 1. The van der Waals surface area contributed by atoms with Crippen molar-refractivity contribution in [3.8, 4) is 11.5 Å². The summed E-state index contributed by atoms with van der Waals surface area (Å²) in [7, 11) is 2.65. The number of aromatic hydroxyl groups is 1. The fourth-order valence-electron chi connectivity index (χ4n) is 6.53. The molecule has 202 valence electrons. The standard InChI is InChI=1S/C25H23BrCl2N2O8/c1-29-22(36)24(27)9-13-11(3-4-12-17(13)21(35)30(20(12)34)6-5-16(31)32)18(25(24,28)23(29)37)10-7-14(26)19(33)15(8-10)38-2/h3,7-8,12-13,17-18,33H,4-6,9H2,1-2H3,(H,31,32). The topological polar surface area (TPSA) is 142 Å². The molecule has 0 radical (unpaired) electrons. The monoisotopic (exact) mass is 628 g/mol. The van der Waals surface area contributed by atoms with Gasteiger partial charge in [-0.05, 0) is 52.4 Å². The Kier molecular flexibility index (Phi) is 6.35. The lowest BCUT2D eigenvalue weighted by molar-refractivity contribution is -0.143. The zero-order valence-corrected chi connectivity index (χ0v) is 23.3. The lowest BCUT2D eigenvalue weighted by atomic mass is 9.56. The van der Waals surface area contributed by atoms with Crippen molar-refractivity contribution < 1.29 is 38.9 Å². The number of phenolic OH excluding ortho intramolecular Hbond substituents is 1. The van der Waals surface area contributed by atoms with Crippen LogP contribution in [0.1, 0.15) is 30.7 Å². The van der Waals surface area contributed by atoms with E-state index in [2.05, 4.69) is 15.9 Å². The molecule has 6 unspecified atom stereocenters. The number of fused-ring (bicyclic) bond motifs is 4. The minimum absolute atomic E-state index is 0.0864. The molecule has 4 aliphatic rings. The quantitative estimate of drug-likeness (QED) is 0.288. The summed E-state index contributed by atoms with van der Waals surface area (Å²) in [6.07, 6.45) is 1.37. The van der Waals surface area contributed by atoms with E-state index in [0.717, 1.165) is 9.80 Å². The van der Waals surface area contributed by atoms with Gasteiger partial charge in [0.1, 0.15) is 0 Å². The number of nitrogens with zero attached hydrogens (tertiary/aromatic N) is 2. The fraction of sp³-hybridized carbons (Fsp3) is 0.480. The third-order valence-corrected chi connectivity index (χ3v) is 10.3. The number of amides is 4. The number of halogens is 3. The van der Waals surface area contributed by atoms with E-state index in [1.165, 1.54) is 20.2 Å². The van der Waals surface area contributed by atoms with Gasteiger partial charge in [-0.1, -0.05) is 11.6 Å². The first-order valence-corrected chi connectivity index (χ1v) is 13.4. The van der Waals surface area contributed by atoms with E-state index < -0.39 is 69.4 Å². The molecule has 38 heavy (non-hydrogen) atoms. The van der Waals surface area contributed by atoms with Gasteiger partial charge in [-0.15, -0.1) is 23.2 Å². The summed E-state index contributed by atoms with van der Waals surface area (Å²) in [5.41, 5.74) is 0.992. The lowest BCUT2D eigenvalue weighted by Crippen LogP contribution is -2.60. The average Bonchev–Trinajstić information content (AvgIpc) is 3.19. The van der Waals surface area contributed by atoms with Crippen molar-refractivity contribution in [2.24, 2.45) is 17.8 Å². The number of methoxy groups -OCH3 is 1. The average molecular weight is 630 g/mol. The van der Waals surface area contributed by atoms with Gasteiger partial charge in [0, 0.05) is 19.5 Å². The highest BCUT2D eigenvalue weighted by Crippen LogP contribution is 2.65. The Labute approximate surface area is 235 Å². The molecule has 6 atom stereocenters. The smallest absolute Gasteiger partial charge is 0.305 e. The van der Waals surface area contributed by atoms with Crippen LogP contribution in [0.4, 0.5) is 0 Å². The van der Waals surface area contributed by atoms with Gasteiger partial charge in [-0.2, -0.15) is 0 Å². The highest BCUT2D eigenvalue weighted by atomic mass is 79.9. The number of hydrogen-bond acceptors (Lipinski definition) is 7. The molecule has 4 amide bonds. The first kappa shape index (κ1) is 27.0. The molecular weight excluding hydrogens is 607 g/mol. The molecule has 1 aromatic carbocycles. The molecule has 13 heteroatoms. The number of carboxylic acid groups (broad SMARTS) is 1. The summed E-state index contributed by atoms with van der Waals surface area (Å²) in [4.78, 5) is 62.7. The molecule has 2 saturated heterocycles. The molecule has 2 N–H and O–H groups in total. The van der Waals surface area contributed by atoms with Crippen LogP contribution in [0.25, 0.3) is 0 Å². The Hall–Kier alpha value is -2.63. The van der Waals surface area contributed by atoms with Crippen LogP contribution >= 0.6 is 39.1 Å². The van der Waals surface area contributed by atoms with Crippen molar-refractivity contribution >= 4 is 68.7 Å². The van der Waals surface area contributed by atoms with E-state index in [-0.39, 0.29) is 35.4 Å². The van der Waals surface area contributed by atoms with Crippen LogP contribution in [0.15, 0.2) is 28.3 Å². The third-order valence-electron chi connectivity index (χ3n) is 8.26. The summed E-state index contributed by atoms with van der Waals surface area (Å²) >= 11 is 17.5. The maximum Gasteiger partial charge on any atom is 0.305 e. The number of imide groups is 2. The number of allylic oxidation sites excluding steroid dienone is 2. The van der Waals surface area contributed by atoms with Crippen molar-refractivity contribution in [1.82, 2.24) is 9.80 Å². The van der Waals surface area contributed by atoms with Gasteiger partial charge >= 0.3 is 5.97 Å². The molecule has 2 heterocycles. The lowest BCUT2D eigenvalue weighted by Gasteiger charge is -2.50. The molecule has 0 spiro atoms. The number of alkyl halides is 2. The van der Waals surface area contributed by atoms with Crippen molar-refractivity contribution in [2.45, 2.75) is 34.9 Å². The van der Waals surface area contributed by atoms with Crippen molar-refractivity contribution in [1.29, 1.82) is 0 Å². The number of carbonyl (C=O) groups is 5. The third kappa shape index (κ3) is 3.40. The molecule has 0 bridgehead atoms. The Morgan fingerprint density at radius 3 is 2.47 bits per heavy atom. The molecule has 3 fully saturated rings. The number of rotatable bonds is 5. The van der Waals surface area contributed by atoms with E-state index in [0.29, 0.717) is 11.1 Å². The van der Waals surface area contributed by atoms with Gasteiger partial charge in [0.2, 0.25) is 11.8 Å². The minimum Gasteiger partial charge on any atom is -0.503 e. The predicted octanol–water partition coefficient (Wildman–Crippen LogP) is 2.63. The predicted molar refractivity (Wildman–Crippen MR) is 137 cm³/mol. The van der Waals surface area contributed by atoms with E-state index in [1.54, 1.807) is 12.1 Å². The Morgan fingerprint density at radius 1 is 1.16 bits per heavy atom. The van der Waals surface area contributed by atoms with Crippen LogP contribution in [0.5, 0.6) is 11.5 Å². The summed E-state index contributed by atoms with van der Waals surface area (Å²) < 4.78 is 5.55. The summed E-state index contributed by atoms with van der Waals surface area (Å²) in [5.74, 6) is -7.05. The van der Waals surface area contributed by atoms with Crippen LogP contribution in [0, 0.1) is 17.8 Å². The van der Waals surface area contributed by atoms with Gasteiger partial charge in [0.25, 0.3) is 11.8 Å². The molecule has 0 aromatic heterocycles. The van der Waals surface area contributed by atoms with Gasteiger partial charge in [0.15, 0.2) is 21.2 Å². The van der Waals surface area contributed by atoms with Gasteiger partial charge in [-0.3, -0.25) is 33.8 Å². The first-order chi connectivity index (χ1) is 17.8. The minimum atomic E-state index is -1.97. The molecule has 10 nitrogen and oxygen atoms in total. The number of carbonyl (C=O) groups excluding carboxylic acids is 4. The van der Waals surface area contributed by atoms with Gasteiger partial charge < -0.3 is 14.9 Å². The number of benzene rings is 1. The fourth-order valence-corrected chi connectivity index (χ4v) is 8.01. The number of hydrogen-bond donors (Lipinski definition) is 2. The molecular formula is C25H23BrCl2N2O8. The Bertz CT molecular complexity index is 1350. The zero-order chi connectivity index (χ0) is 27.9. The molecule has 2 aliphatic carbocycles. The number of aliphatic carboxylic acids is 1. The zero-order valence-electron chi connectivity index (χ0n) is 20.2. The second kappa shape index (κ2) is 8.96. The van der Waals surface area contributed by atoms with Crippen molar-refractivity contribution in [3.05, 3.63) is 33.8 Å². The van der Waals surface area contributed by atoms with Crippen LogP contribution in [-0.2, 0) is 24.0 Å². The van der Waals surface area contributed by atoms with Crippen LogP contribution in [0.2, 0.25) is 0 Å². The second-order valence-electron chi connectivity index (χ2n) is 10.0. The number of likely N-dealkylation sites (tertiary alicyclic amines) is 2. The largest absolute Gasteiger partial charge is 0.503 e. The first-order valence-electron chi connectivity index (χ1n) is 11.8. The van der Waals surface area contributed by atoms with Crippen LogP contribution < -0.4 is 4.74 Å². The summed E-state index contributed by atoms with van der Waals surface area (Å²) in [5, 5.41) is 19.5. The highest BCUT2D eigenvalue weighted by molar-refractivity contribution is 9.10. The number of carboxylic acids is 1. The normalized spacial score (nSPS) is 34.2. The van der Waals surface area contributed by atoms with E-state index in [9.17, 15) is 29.1 Å². The molecule has 1 aromatic rings. The summed E-state index contributed by atoms with van der Waals surface area (Å²) in [6.45, 7) is -0.265. The molecule has 2 aliphatic heterocycles. The maximum absolute atomic E-state index is 13.6. The van der Waals surface area contributed by atoms with Gasteiger partial charge in [0.05, 0.1) is 29.8 Å². The van der Waals surface area contributed by atoms with E-state index in [1.807, 2.05) is 0 Å². The number of phenols is 1. The van der Waals surface area contributed by atoms with Crippen molar-refractivity contribution in [2.75, 3.05) is 20.7 Å². The maximum atomic E-state index is 13.6. The van der Waals surface area contributed by atoms with E-state index in [4.69, 9.17) is 33.0 Å². The molecule has 5 rings (SSSR count). The summed E-state index contributed by atoms with van der Waals surface area (Å²) in [6, 6.07) is 3.05. The van der Waals surface area contributed by atoms with E-state index >= 15 is 0 Å². The van der Waals surface area contributed by atoms with Gasteiger partial charge in [-0.25, -0.2) is 0 Å². The Balaban J connectivity index is 1.69. The molecule has 1 saturated carbocycles. The van der Waals surface area contributed by atoms with Crippen LogP contribution in [0.3, 0.4) is 0 Å². The van der Waals surface area contributed by atoms with Crippen LogP contribution in [-0.4, -0.2) is 80.1 Å².